The third kappa shape index (κ3) is 2.98. The van der Waals surface area contributed by atoms with Crippen molar-refractivity contribution in [1.29, 1.82) is 0 Å². The van der Waals surface area contributed by atoms with Crippen LogP contribution in [0, 0.1) is 12.7 Å². The smallest absolute Gasteiger partial charge is 0.254 e. The number of carbonyl (C=O) groups is 1. The van der Waals surface area contributed by atoms with E-state index in [1.165, 1.54) is 24.3 Å². The number of rotatable bonds is 2. The molecule has 29 heavy (non-hydrogen) atoms. The SMILES string of the molecule is Cc1cc2sc(-c3nnc4n3CCN(C(=O)c3ccc(F)cc3)[C@@H]4C)nc2cn1. The number of aromatic nitrogens is 5. The molecule has 1 aliphatic rings. The summed E-state index contributed by atoms with van der Waals surface area (Å²) in [5.41, 5.74) is 2.24. The molecule has 0 unspecified atom stereocenters. The number of halogens is 1. The molecule has 9 heteroatoms. The lowest BCUT2D eigenvalue weighted by molar-refractivity contribution is 0.0638. The van der Waals surface area contributed by atoms with Crippen LogP contribution in [0.1, 0.15) is 34.8 Å². The van der Waals surface area contributed by atoms with E-state index in [9.17, 15) is 9.18 Å². The standard InChI is InChI=1S/C20H17FN6OS/c1-11-9-16-15(10-22-11)23-19(29-16)18-25-24-17-12(2)26(7-8-27(17)18)20(28)13-3-5-14(21)6-4-13/h3-6,9-10,12H,7-8H2,1-2H3/t12-/m1/s1. The molecule has 4 aromatic rings. The van der Waals surface area contributed by atoms with Crippen molar-refractivity contribution in [3.05, 3.63) is 59.4 Å². The van der Waals surface area contributed by atoms with Crippen LogP contribution in [-0.2, 0) is 6.54 Å². The number of thiazole rings is 1. The molecule has 7 nitrogen and oxygen atoms in total. The zero-order chi connectivity index (χ0) is 20.1. The maximum Gasteiger partial charge on any atom is 0.254 e. The minimum atomic E-state index is -0.362. The van der Waals surface area contributed by atoms with Crippen molar-refractivity contribution in [2.45, 2.75) is 26.4 Å². The Hall–Kier alpha value is -3.20. The molecule has 0 saturated heterocycles. The van der Waals surface area contributed by atoms with E-state index in [-0.39, 0.29) is 17.8 Å². The predicted molar refractivity (Wildman–Crippen MR) is 107 cm³/mol. The molecule has 1 atom stereocenters. The molecule has 1 aromatic carbocycles. The second-order valence-corrected chi connectivity index (χ2v) is 8.06. The molecule has 0 radical (unpaired) electrons. The molecule has 4 heterocycles. The number of hydrogen-bond donors (Lipinski definition) is 0. The molecule has 0 bridgehead atoms. The molecular formula is C20H17FN6OS. The zero-order valence-corrected chi connectivity index (χ0v) is 16.6. The van der Waals surface area contributed by atoms with Crippen molar-refractivity contribution in [1.82, 2.24) is 29.6 Å². The highest BCUT2D eigenvalue weighted by molar-refractivity contribution is 7.21. The van der Waals surface area contributed by atoms with Crippen LogP contribution in [0.4, 0.5) is 4.39 Å². The molecule has 0 spiro atoms. The fraction of sp³-hybridized carbons (Fsp3) is 0.250. The molecule has 0 fully saturated rings. The van der Waals surface area contributed by atoms with Gasteiger partial charge in [0.25, 0.3) is 5.91 Å². The van der Waals surface area contributed by atoms with Crippen molar-refractivity contribution in [2.24, 2.45) is 0 Å². The van der Waals surface area contributed by atoms with Gasteiger partial charge in [-0.2, -0.15) is 0 Å². The average molecular weight is 408 g/mol. The Balaban J connectivity index is 1.47. The van der Waals surface area contributed by atoms with E-state index in [1.54, 1.807) is 22.4 Å². The maximum atomic E-state index is 13.2. The fourth-order valence-corrected chi connectivity index (χ4v) is 4.63. The van der Waals surface area contributed by atoms with Gasteiger partial charge in [-0.25, -0.2) is 9.37 Å². The van der Waals surface area contributed by atoms with Crippen LogP contribution in [0.25, 0.3) is 21.0 Å². The van der Waals surface area contributed by atoms with Crippen molar-refractivity contribution >= 4 is 27.5 Å². The van der Waals surface area contributed by atoms with Crippen LogP contribution in [0.15, 0.2) is 36.5 Å². The first-order valence-corrected chi connectivity index (χ1v) is 10.1. The number of pyridine rings is 1. The third-order valence-corrected chi connectivity index (χ3v) is 6.15. The highest BCUT2D eigenvalue weighted by Crippen LogP contribution is 2.33. The largest absolute Gasteiger partial charge is 0.327 e. The van der Waals surface area contributed by atoms with Gasteiger partial charge in [-0.15, -0.1) is 21.5 Å². The van der Waals surface area contributed by atoms with Crippen molar-refractivity contribution in [3.63, 3.8) is 0 Å². The van der Waals surface area contributed by atoms with Gasteiger partial charge in [0, 0.05) is 24.3 Å². The van der Waals surface area contributed by atoms with Crippen LogP contribution in [0.5, 0.6) is 0 Å². The summed E-state index contributed by atoms with van der Waals surface area (Å²) in [6.07, 6.45) is 1.77. The average Bonchev–Trinajstić information content (AvgIpc) is 3.32. The van der Waals surface area contributed by atoms with Gasteiger partial charge in [0.1, 0.15) is 11.3 Å². The molecule has 1 aliphatic heterocycles. The summed E-state index contributed by atoms with van der Waals surface area (Å²) in [6, 6.07) is 7.37. The van der Waals surface area contributed by atoms with Gasteiger partial charge in [0.05, 0.1) is 16.9 Å². The molecule has 0 aliphatic carbocycles. The fourth-order valence-electron chi connectivity index (χ4n) is 3.60. The maximum absolute atomic E-state index is 13.2. The summed E-state index contributed by atoms with van der Waals surface area (Å²) < 4.78 is 16.3. The minimum absolute atomic E-state index is 0.144. The number of hydrogen-bond acceptors (Lipinski definition) is 6. The quantitative estimate of drug-likeness (QED) is 0.506. The van der Waals surface area contributed by atoms with E-state index in [4.69, 9.17) is 0 Å². The lowest BCUT2D eigenvalue weighted by Crippen LogP contribution is -2.41. The topological polar surface area (TPSA) is 76.8 Å². The Bertz CT molecular complexity index is 1230. The molecule has 146 valence electrons. The highest BCUT2D eigenvalue weighted by Gasteiger charge is 2.32. The van der Waals surface area contributed by atoms with E-state index in [2.05, 4.69) is 20.2 Å². The summed E-state index contributed by atoms with van der Waals surface area (Å²) in [5.74, 6) is 0.920. The highest BCUT2D eigenvalue weighted by atomic mass is 32.1. The number of aryl methyl sites for hydroxylation is 1. The Kier molecular flexibility index (Phi) is 4.13. The van der Waals surface area contributed by atoms with E-state index < -0.39 is 0 Å². The molecule has 0 N–H and O–H groups in total. The van der Waals surface area contributed by atoms with Crippen LogP contribution < -0.4 is 0 Å². The lowest BCUT2D eigenvalue weighted by Gasteiger charge is -2.33. The number of fused-ring (bicyclic) bond motifs is 2. The summed E-state index contributed by atoms with van der Waals surface area (Å²) >= 11 is 1.56. The normalized spacial score (nSPS) is 16.2. The summed E-state index contributed by atoms with van der Waals surface area (Å²) in [7, 11) is 0. The van der Waals surface area contributed by atoms with Crippen LogP contribution >= 0.6 is 11.3 Å². The van der Waals surface area contributed by atoms with E-state index in [0.29, 0.717) is 24.5 Å². The van der Waals surface area contributed by atoms with E-state index in [0.717, 1.165) is 26.7 Å². The Morgan fingerprint density at radius 2 is 2.00 bits per heavy atom. The van der Waals surface area contributed by atoms with Gasteiger partial charge in [-0.05, 0) is 44.2 Å². The van der Waals surface area contributed by atoms with E-state index in [1.807, 2.05) is 24.5 Å². The predicted octanol–water partition coefficient (Wildman–Crippen LogP) is 3.61. The van der Waals surface area contributed by atoms with Crippen LogP contribution in [-0.4, -0.2) is 42.1 Å². The van der Waals surface area contributed by atoms with E-state index >= 15 is 0 Å². The molecule has 5 rings (SSSR count). The molecular weight excluding hydrogens is 391 g/mol. The number of nitrogens with zero attached hydrogens (tertiary/aromatic N) is 6. The van der Waals surface area contributed by atoms with Gasteiger partial charge in [0.15, 0.2) is 16.7 Å². The molecule has 0 saturated carbocycles. The summed E-state index contributed by atoms with van der Waals surface area (Å²) in [4.78, 5) is 23.6. The van der Waals surface area contributed by atoms with Gasteiger partial charge >= 0.3 is 0 Å². The molecule has 1 amide bonds. The Morgan fingerprint density at radius 1 is 1.21 bits per heavy atom. The zero-order valence-electron chi connectivity index (χ0n) is 15.8. The Morgan fingerprint density at radius 3 is 2.79 bits per heavy atom. The van der Waals surface area contributed by atoms with Gasteiger partial charge in [0.2, 0.25) is 0 Å². The minimum Gasteiger partial charge on any atom is -0.327 e. The van der Waals surface area contributed by atoms with Gasteiger partial charge < -0.3 is 9.47 Å². The first-order valence-electron chi connectivity index (χ1n) is 9.24. The number of carbonyl (C=O) groups excluding carboxylic acids is 1. The Labute approximate surface area is 169 Å². The van der Waals surface area contributed by atoms with Gasteiger partial charge in [-0.1, -0.05) is 0 Å². The first-order chi connectivity index (χ1) is 14.0. The second kappa shape index (κ2) is 6.70. The number of amides is 1. The van der Waals surface area contributed by atoms with Crippen molar-refractivity contribution < 1.29 is 9.18 Å². The summed E-state index contributed by atoms with van der Waals surface area (Å²) in [5, 5.41) is 9.51. The van der Waals surface area contributed by atoms with Crippen LogP contribution in [0.3, 0.4) is 0 Å². The third-order valence-electron chi connectivity index (χ3n) is 5.14. The monoisotopic (exact) mass is 408 g/mol. The summed E-state index contributed by atoms with van der Waals surface area (Å²) in [6.45, 7) is 4.96. The molecule has 3 aromatic heterocycles. The van der Waals surface area contributed by atoms with Crippen molar-refractivity contribution in [3.8, 4) is 10.8 Å². The van der Waals surface area contributed by atoms with Crippen molar-refractivity contribution in [2.75, 3.05) is 6.54 Å². The second-order valence-electron chi connectivity index (χ2n) is 7.03. The lowest BCUT2D eigenvalue weighted by atomic mass is 10.1. The van der Waals surface area contributed by atoms with Crippen LogP contribution in [0.2, 0.25) is 0 Å². The first kappa shape index (κ1) is 17.9. The van der Waals surface area contributed by atoms with Gasteiger partial charge in [-0.3, -0.25) is 9.78 Å². The number of benzene rings is 1.